The fourth-order valence-corrected chi connectivity index (χ4v) is 5.12. The van der Waals surface area contributed by atoms with Gasteiger partial charge in [0.2, 0.25) is 11.8 Å². The first-order valence-electron chi connectivity index (χ1n) is 15.5. The number of H-pyrrole nitrogens is 2. The summed E-state index contributed by atoms with van der Waals surface area (Å²) in [7, 11) is 3.59. The minimum absolute atomic E-state index is 0.00731. The number of carbonyl (C=O) groups is 2. The Kier molecular flexibility index (Phi) is 10.3. The van der Waals surface area contributed by atoms with E-state index in [0.717, 1.165) is 50.3 Å². The zero-order chi connectivity index (χ0) is 33.3. The van der Waals surface area contributed by atoms with Crippen molar-refractivity contribution in [2.24, 2.45) is 0 Å². The van der Waals surface area contributed by atoms with Crippen LogP contribution in [0.5, 0.6) is 0 Å². The van der Waals surface area contributed by atoms with Crippen molar-refractivity contribution in [3.63, 3.8) is 0 Å². The van der Waals surface area contributed by atoms with Gasteiger partial charge in [0.25, 0.3) is 0 Å². The summed E-state index contributed by atoms with van der Waals surface area (Å²) in [6, 6.07) is 34.0. The summed E-state index contributed by atoms with van der Waals surface area (Å²) >= 11 is 0. The highest BCUT2D eigenvalue weighted by atomic mass is 16.2. The molecule has 0 bridgehead atoms. The summed E-state index contributed by atoms with van der Waals surface area (Å²) in [5, 5.41) is 5.55. The average Bonchev–Trinajstić information content (AvgIpc) is 3.75. The maximum atomic E-state index is 12.6. The van der Waals surface area contributed by atoms with Crippen molar-refractivity contribution in [2.45, 2.75) is 25.9 Å². The Hall–Kier alpha value is -5.89. The number of amides is 2. The topological polar surface area (TPSA) is 97.1 Å². The Bertz CT molecular complexity index is 1920. The number of nitrogens with zero attached hydrogens (tertiary/aromatic N) is 3. The molecule has 238 valence electrons. The second-order valence-corrected chi connectivity index (χ2v) is 11.4. The van der Waals surface area contributed by atoms with Crippen LogP contribution in [0, 0.1) is 0 Å². The smallest absolute Gasteiger partial charge is 0.246 e. The molecule has 3 aromatic heterocycles. The Morgan fingerprint density at radius 3 is 1.79 bits per heavy atom. The van der Waals surface area contributed by atoms with Gasteiger partial charge in [0.05, 0.1) is 12.1 Å². The van der Waals surface area contributed by atoms with Crippen LogP contribution >= 0.6 is 0 Å². The molecular formula is C39H40N6O2. The highest BCUT2D eigenvalue weighted by molar-refractivity contribution is 5.92. The molecule has 0 fully saturated rings. The molecule has 6 rings (SSSR count). The van der Waals surface area contributed by atoms with E-state index in [-0.39, 0.29) is 23.9 Å². The number of anilines is 2. The number of nitrogens with one attached hydrogen (secondary N) is 3. The zero-order valence-electron chi connectivity index (χ0n) is 27.1. The lowest BCUT2D eigenvalue weighted by atomic mass is 10.2. The first-order valence-corrected chi connectivity index (χ1v) is 15.5. The molecule has 0 aliphatic rings. The molecular weight excluding hydrogens is 584 g/mol. The lowest BCUT2D eigenvalue weighted by Crippen LogP contribution is -2.28. The van der Waals surface area contributed by atoms with E-state index >= 15 is 0 Å². The van der Waals surface area contributed by atoms with Crippen molar-refractivity contribution in [3.8, 4) is 0 Å². The minimum atomic E-state index is -0.0730. The van der Waals surface area contributed by atoms with Gasteiger partial charge in [0.15, 0.2) is 0 Å². The number of carbonyl (C=O) groups excluding carboxylic acids is 2. The quantitative estimate of drug-likeness (QED) is 0.141. The number of hydrogen-bond donors (Lipinski definition) is 3. The Morgan fingerprint density at radius 1 is 0.745 bits per heavy atom. The van der Waals surface area contributed by atoms with E-state index in [1.165, 1.54) is 6.08 Å². The predicted octanol–water partition coefficient (Wildman–Crippen LogP) is 8.41. The van der Waals surface area contributed by atoms with Gasteiger partial charge >= 0.3 is 0 Å². The van der Waals surface area contributed by atoms with E-state index in [2.05, 4.69) is 51.1 Å². The molecule has 0 spiro atoms. The van der Waals surface area contributed by atoms with Crippen LogP contribution in [0.1, 0.15) is 42.9 Å². The van der Waals surface area contributed by atoms with Crippen LogP contribution in [0.2, 0.25) is 0 Å². The third kappa shape index (κ3) is 8.04. The van der Waals surface area contributed by atoms with Gasteiger partial charge in [-0.3, -0.25) is 9.59 Å². The number of benzene rings is 3. The molecule has 3 aromatic carbocycles. The Balaban J connectivity index is 0.000000216. The molecule has 6 aromatic rings. The van der Waals surface area contributed by atoms with Crippen molar-refractivity contribution >= 4 is 51.2 Å². The molecule has 2 atom stereocenters. The van der Waals surface area contributed by atoms with Crippen LogP contribution in [0.3, 0.4) is 0 Å². The summed E-state index contributed by atoms with van der Waals surface area (Å²) in [5.41, 5.74) is 6.06. The highest BCUT2D eigenvalue weighted by Gasteiger charge is 2.18. The number of hydrogen-bond acceptors (Lipinski definition) is 4. The molecule has 8 heteroatoms. The molecule has 0 radical (unpaired) electrons. The van der Waals surface area contributed by atoms with Gasteiger partial charge in [-0.05, 0) is 90.9 Å². The maximum Gasteiger partial charge on any atom is 0.246 e. The van der Waals surface area contributed by atoms with Crippen LogP contribution < -0.4 is 5.32 Å². The van der Waals surface area contributed by atoms with Crippen molar-refractivity contribution in [2.75, 3.05) is 19.4 Å². The number of aromatic amines is 2. The van der Waals surface area contributed by atoms with Gasteiger partial charge < -0.3 is 25.1 Å². The van der Waals surface area contributed by atoms with Crippen LogP contribution in [-0.4, -0.2) is 50.7 Å². The number of rotatable bonds is 9. The van der Waals surface area contributed by atoms with E-state index in [0.29, 0.717) is 0 Å². The second-order valence-electron chi connectivity index (χ2n) is 11.4. The molecule has 47 heavy (non-hydrogen) atoms. The Labute approximate surface area is 275 Å². The van der Waals surface area contributed by atoms with Gasteiger partial charge in [-0.15, -0.1) is 0 Å². The normalized spacial score (nSPS) is 12.3. The summed E-state index contributed by atoms with van der Waals surface area (Å²) < 4.78 is 0. The van der Waals surface area contributed by atoms with Gasteiger partial charge in [-0.2, -0.15) is 0 Å². The van der Waals surface area contributed by atoms with E-state index in [9.17, 15) is 9.59 Å². The molecule has 3 N–H and O–H groups in total. The number of likely N-dealkylation sites (N-methyl/N-ethyl adjacent to an activating group) is 2. The summed E-state index contributed by atoms with van der Waals surface area (Å²) in [4.78, 5) is 38.7. The monoisotopic (exact) mass is 624 g/mol. The molecule has 0 aliphatic heterocycles. The molecule has 3 heterocycles. The van der Waals surface area contributed by atoms with Crippen molar-refractivity contribution in [1.29, 1.82) is 0 Å². The standard InChI is InChI=1S/C25H24N4O.C14H16N2O/c1-18(23-16-20-8-6-7-11-22(20)28-23)29(2)25(30)15-13-19-12-14-24(26-17-19)27-21-9-4-3-5-10-21;1-4-14(17)16(3)10(2)13-9-11-7-5-6-8-12(11)15-13/h3-18,28H,1-2H3,(H,26,27);4-10,15H,1H2,2-3H3. The van der Waals surface area contributed by atoms with E-state index in [1.807, 2.05) is 99.8 Å². The third-order valence-electron chi connectivity index (χ3n) is 8.28. The van der Waals surface area contributed by atoms with Crippen LogP contribution in [-0.2, 0) is 9.59 Å². The maximum absolute atomic E-state index is 12.6. The second kappa shape index (κ2) is 14.9. The summed E-state index contributed by atoms with van der Waals surface area (Å²) in [6.07, 6.45) is 6.45. The van der Waals surface area contributed by atoms with E-state index < -0.39 is 0 Å². The lowest BCUT2D eigenvalue weighted by molar-refractivity contribution is -0.127. The van der Waals surface area contributed by atoms with Crippen LogP contribution in [0.25, 0.3) is 27.9 Å². The molecule has 0 aliphatic carbocycles. The van der Waals surface area contributed by atoms with Crippen molar-refractivity contribution < 1.29 is 9.59 Å². The van der Waals surface area contributed by atoms with Gasteiger partial charge in [-0.1, -0.05) is 61.2 Å². The lowest BCUT2D eigenvalue weighted by Gasteiger charge is -2.22. The fraction of sp³-hybridized carbons (Fsp3) is 0.154. The summed E-state index contributed by atoms with van der Waals surface area (Å²) in [5.74, 6) is 0.623. The number of fused-ring (bicyclic) bond motifs is 2. The molecule has 8 nitrogen and oxygen atoms in total. The van der Waals surface area contributed by atoms with Crippen LogP contribution in [0.4, 0.5) is 11.5 Å². The number of aromatic nitrogens is 3. The largest absolute Gasteiger partial charge is 0.357 e. The van der Waals surface area contributed by atoms with Crippen LogP contribution in [0.15, 0.2) is 128 Å². The average molecular weight is 625 g/mol. The van der Waals surface area contributed by atoms with E-state index in [4.69, 9.17) is 0 Å². The highest BCUT2D eigenvalue weighted by Crippen LogP contribution is 2.25. The molecule has 0 saturated carbocycles. The first kappa shape index (κ1) is 32.5. The Morgan fingerprint density at radius 2 is 1.28 bits per heavy atom. The molecule has 2 amide bonds. The van der Waals surface area contributed by atoms with Crippen molar-refractivity contribution in [1.82, 2.24) is 24.8 Å². The SMILES string of the molecule is C=CC(=O)N(C)C(C)c1cc2ccccc2[nH]1.CC(c1cc2ccccc2[nH]1)N(C)C(=O)C=Cc1ccc(Nc2ccccc2)nc1. The number of para-hydroxylation sites is 3. The third-order valence-corrected chi connectivity index (χ3v) is 8.28. The predicted molar refractivity (Wildman–Crippen MR) is 192 cm³/mol. The fourth-order valence-electron chi connectivity index (χ4n) is 5.12. The summed E-state index contributed by atoms with van der Waals surface area (Å²) in [6.45, 7) is 7.51. The van der Waals surface area contributed by atoms with E-state index in [1.54, 1.807) is 35.2 Å². The van der Waals surface area contributed by atoms with Gasteiger partial charge in [0.1, 0.15) is 5.82 Å². The minimum Gasteiger partial charge on any atom is -0.357 e. The molecule has 0 saturated heterocycles. The number of pyridine rings is 1. The molecule has 2 unspecified atom stereocenters. The van der Waals surface area contributed by atoms with Gasteiger partial charge in [-0.25, -0.2) is 4.98 Å². The van der Waals surface area contributed by atoms with Gasteiger partial charge in [0, 0.05) is 54.5 Å². The van der Waals surface area contributed by atoms with Crippen molar-refractivity contribution in [3.05, 3.63) is 145 Å². The zero-order valence-corrected chi connectivity index (χ0v) is 27.1. The first-order chi connectivity index (χ1) is 22.7.